The fourth-order valence-corrected chi connectivity index (χ4v) is 2.12. The molecule has 0 atom stereocenters. The predicted molar refractivity (Wildman–Crippen MR) is 64.0 cm³/mol. The lowest BCUT2D eigenvalue weighted by Crippen LogP contribution is -2.16. The Bertz CT molecular complexity index is 542. The van der Waals surface area contributed by atoms with E-state index in [1.165, 1.54) is 0 Å². The van der Waals surface area contributed by atoms with E-state index < -0.39 is 0 Å². The Morgan fingerprint density at radius 2 is 2.31 bits per heavy atom. The standard InChI is InChI=1S/C12H11ClN2O/c13-10-1-2-15-11-5-8-7-14-3-4-16-12(8)6-9(10)11/h1-2,5-6,14H,3-4,7H2. The van der Waals surface area contributed by atoms with Gasteiger partial charge in [0.1, 0.15) is 12.4 Å². The van der Waals surface area contributed by atoms with Gasteiger partial charge in [-0.05, 0) is 18.2 Å². The van der Waals surface area contributed by atoms with Gasteiger partial charge in [0, 0.05) is 30.2 Å². The normalized spacial score (nSPS) is 15.3. The molecular formula is C12H11ClN2O. The second-order valence-corrected chi connectivity index (χ2v) is 4.20. The van der Waals surface area contributed by atoms with Crippen LogP contribution < -0.4 is 10.1 Å². The first-order valence-electron chi connectivity index (χ1n) is 5.25. The smallest absolute Gasteiger partial charge is 0.124 e. The maximum Gasteiger partial charge on any atom is 0.124 e. The first-order valence-corrected chi connectivity index (χ1v) is 5.63. The second-order valence-electron chi connectivity index (χ2n) is 3.80. The van der Waals surface area contributed by atoms with Crippen LogP contribution in [0.25, 0.3) is 10.9 Å². The summed E-state index contributed by atoms with van der Waals surface area (Å²) in [6.45, 7) is 2.38. The molecule has 0 aliphatic carbocycles. The Kier molecular flexibility index (Phi) is 2.42. The molecule has 82 valence electrons. The van der Waals surface area contributed by atoms with Crippen LogP contribution in [0.5, 0.6) is 5.75 Å². The molecule has 1 aliphatic rings. The molecule has 3 nitrogen and oxygen atoms in total. The minimum Gasteiger partial charge on any atom is -0.492 e. The summed E-state index contributed by atoms with van der Waals surface area (Å²) >= 11 is 6.13. The number of hydrogen-bond donors (Lipinski definition) is 1. The Labute approximate surface area is 98.4 Å². The maximum atomic E-state index is 6.13. The van der Waals surface area contributed by atoms with Gasteiger partial charge in [-0.15, -0.1) is 0 Å². The van der Waals surface area contributed by atoms with Crippen LogP contribution in [-0.4, -0.2) is 18.1 Å². The maximum absolute atomic E-state index is 6.13. The van der Waals surface area contributed by atoms with E-state index in [1.807, 2.05) is 12.1 Å². The number of halogens is 1. The first-order chi connectivity index (χ1) is 7.84. The van der Waals surface area contributed by atoms with E-state index in [0.717, 1.165) is 35.3 Å². The van der Waals surface area contributed by atoms with E-state index in [9.17, 15) is 0 Å². The van der Waals surface area contributed by atoms with Gasteiger partial charge in [0.15, 0.2) is 0 Å². The Morgan fingerprint density at radius 1 is 1.38 bits per heavy atom. The SMILES string of the molecule is Clc1ccnc2cc3c(cc12)OCCNC3. The van der Waals surface area contributed by atoms with Crippen LogP contribution in [0.15, 0.2) is 24.4 Å². The quantitative estimate of drug-likeness (QED) is 0.760. The Balaban J connectivity index is 2.24. The van der Waals surface area contributed by atoms with E-state index >= 15 is 0 Å². The second kappa shape index (κ2) is 3.92. The minimum atomic E-state index is 0.691. The first kappa shape index (κ1) is 9.87. The molecule has 1 aliphatic heterocycles. The number of nitrogens with one attached hydrogen (secondary N) is 1. The van der Waals surface area contributed by atoms with Gasteiger partial charge in [-0.2, -0.15) is 0 Å². The van der Waals surface area contributed by atoms with Crippen LogP contribution in [0, 0.1) is 0 Å². The summed E-state index contributed by atoms with van der Waals surface area (Å²) in [5, 5.41) is 4.96. The summed E-state index contributed by atoms with van der Waals surface area (Å²) in [4.78, 5) is 4.31. The van der Waals surface area contributed by atoms with Crippen LogP contribution in [0.1, 0.15) is 5.56 Å². The molecular weight excluding hydrogens is 224 g/mol. The fourth-order valence-electron chi connectivity index (χ4n) is 1.91. The van der Waals surface area contributed by atoms with Gasteiger partial charge in [-0.3, -0.25) is 4.98 Å². The molecule has 1 N–H and O–H groups in total. The summed E-state index contributed by atoms with van der Waals surface area (Å²) in [5.74, 6) is 0.910. The highest BCUT2D eigenvalue weighted by Gasteiger charge is 2.11. The summed E-state index contributed by atoms with van der Waals surface area (Å²) < 4.78 is 5.66. The molecule has 0 unspecified atom stereocenters. The lowest BCUT2D eigenvalue weighted by atomic mass is 10.1. The zero-order valence-corrected chi connectivity index (χ0v) is 9.42. The van der Waals surface area contributed by atoms with Gasteiger partial charge in [0.25, 0.3) is 0 Å². The molecule has 3 rings (SSSR count). The summed E-state index contributed by atoms with van der Waals surface area (Å²) in [6, 6.07) is 5.81. The van der Waals surface area contributed by atoms with Crippen molar-refractivity contribution < 1.29 is 4.74 Å². The zero-order valence-electron chi connectivity index (χ0n) is 8.66. The van der Waals surface area contributed by atoms with Crippen LogP contribution >= 0.6 is 11.6 Å². The van der Waals surface area contributed by atoms with Crippen molar-refractivity contribution in [1.82, 2.24) is 10.3 Å². The van der Waals surface area contributed by atoms with E-state index in [1.54, 1.807) is 12.3 Å². The monoisotopic (exact) mass is 234 g/mol. The molecule has 2 aromatic rings. The van der Waals surface area contributed by atoms with Crippen molar-refractivity contribution in [2.24, 2.45) is 0 Å². The van der Waals surface area contributed by atoms with Crippen LogP contribution in [0.2, 0.25) is 5.02 Å². The average Bonchev–Trinajstić information content (AvgIpc) is 2.52. The molecule has 0 fully saturated rings. The molecule has 2 heterocycles. The highest BCUT2D eigenvalue weighted by Crippen LogP contribution is 2.30. The summed E-state index contributed by atoms with van der Waals surface area (Å²) in [7, 11) is 0. The third kappa shape index (κ3) is 1.62. The Hall–Kier alpha value is -1.32. The Morgan fingerprint density at radius 3 is 3.25 bits per heavy atom. The van der Waals surface area contributed by atoms with Crippen molar-refractivity contribution in [2.45, 2.75) is 6.54 Å². The number of hydrogen-bond acceptors (Lipinski definition) is 3. The van der Waals surface area contributed by atoms with Gasteiger partial charge >= 0.3 is 0 Å². The summed E-state index contributed by atoms with van der Waals surface area (Å²) in [5.41, 5.74) is 2.05. The number of benzene rings is 1. The van der Waals surface area contributed by atoms with Gasteiger partial charge in [0.05, 0.1) is 10.5 Å². The molecule has 0 bridgehead atoms. The van der Waals surface area contributed by atoms with Crippen LogP contribution in [0.4, 0.5) is 0 Å². The highest BCUT2D eigenvalue weighted by molar-refractivity contribution is 6.35. The van der Waals surface area contributed by atoms with Crippen LogP contribution in [0.3, 0.4) is 0 Å². The number of ether oxygens (including phenoxy) is 1. The third-order valence-electron chi connectivity index (χ3n) is 2.72. The number of pyridine rings is 1. The van der Waals surface area contributed by atoms with E-state index in [4.69, 9.17) is 16.3 Å². The fraction of sp³-hybridized carbons (Fsp3) is 0.250. The van der Waals surface area contributed by atoms with Gasteiger partial charge in [-0.25, -0.2) is 0 Å². The zero-order chi connectivity index (χ0) is 11.0. The molecule has 0 amide bonds. The molecule has 0 radical (unpaired) electrons. The largest absolute Gasteiger partial charge is 0.492 e. The van der Waals surface area contributed by atoms with Gasteiger partial charge < -0.3 is 10.1 Å². The number of fused-ring (bicyclic) bond motifs is 2. The molecule has 1 aromatic heterocycles. The number of nitrogens with zero attached hydrogens (tertiary/aromatic N) is 1. The van der Waals surface area contributed by atoms with Crippen molar-refractivity contribution in [3.63, 3.8) is 0 Å². The number of rotatable bonds is 0. The average molecular weight is 235 g/mol. The van der Waals surface area contributed by atoms with Crippen molar-refractivity contribution in [2.75, 3.05) is 13.2 Å². The van der Waals surface area contributed by atoms with Crippen molar-refractivity contribution >= 4 is 22.5 Å². The molecule has 4 heteroatoms. The topological polar surface area (TPSA) is 34.1 Å². The molecule has 0 saturated carbocycles. The summed E-state index contributed by atoms with van der Waals surface area (Å²) in [6.07, 6.45) is 1.72. The van der Waals surface area contributed by atoms with Gasteiger partial charge in [0.2, 0.25) is 0 Å². The van der Waals surface area contributed by atoms with E-state index in [-0.39, 0.29) is 0 Å². The third-order valence-corrected chi connectivity index (χ3v) is 3.05. The molecule has 0 saturated heterocycles. The van der Waals surface area contributed by atoms with E-state index in [2.05, 4.69) is 10.3 Å². The lowest BCUT2D eigenvalue weighted by Gasteiger charge is -2.08. The van der Waals surface area contributed by atoms with Crippen LogP contribution in [-0.2, 0) is 6.54 Å². The van der Waals surface area contributed by atoms with E-state index in [0.29, 0.717) is 11.6 Å². The van der Waals surface area contributed by atoms with Crippen molar-refractivity contribution in [3.8, 4) is 5.75 Å². The predicted octanol–water partition coefficient (Wildman–Crippen LogP) is 2.37. The van der Waals surface area contributed by atoms with Crippen molar-refractivity contribution in [1.29, 1.82) is 0 Å². The van der Waals surface area contributed by atoms with Crippen molar-refractivity contribution in [3.05, 3.63) is 35.0 Å². The highest BCUT2D eigenvalue weighted by atomic mass is 35.5. The minimum absolute atomic E-state index is 0.691. The number of aromatic nitrogens is 1. The molecule has 16 heavy (non-hydrogen) atoms. The van der Waals surface area contributed by atoms with Gasteiger partial charge in [-0.1, -0.05) is 11.6 Å². The lowest BCUT2D eigenvalue weighted by molar-refractivity contribution is 0.326. The molecule has 1 aromatic carbocycles. The molecule has 0 spiro atoms.